The minimum absolute atomic E-state index is 0.0461. The molecule has 21 heavy (non-hydrogen) atoms. The second-order valence-electron chi connectivity index (χ2n) is 9.13. The van der Waals surface area contributed by atoms with Gasteiger partial charge in [-0.15, -0.1) is 0 Å². The molecule has 0 N–H and O–H groups in total. The van der Waals surface area contributed by atoms with Crippen LogP contribution in [-0.4, -0.2) is 0 Å². The Morgan fingerprint density at radius 2 is 1.90 bits per heavy atom. The van der Waals surface area contributed by atoms with Crippen LogP contribution in [0.2, 0.25) is 0 Å². The third-order valence-electron chi connectivity index (χ3n) is 7.21. The van der Waals surface area contributed by atoms with E-state index in [1.54, 1.807) is 11.6 Å². The van der Waals surface area contributed by atoms with Crippen LogP contribution in [0.15, 0.2) is 24.1 Å². The van der Waals surface area contributed by atoms with Crippen molar-refractivity contribution < 1.29 is 4.39 Å². The lowest BCUT2D eigenvalue weighted by Crippen LogP contribution is -2.50. The van der Waals surface area contributed by atoms with E-state index in [9.17, 15) is 4.39 Å². The van der Waals surface area contributed by atoms with Crippen LogP contribution in [0.3, 0.4) is 0 Å². The molecule has 0 nitrogen and oxygen atoms in total. The van der Waals surface area contributed by atoms with Gasteiger partial charge in [0.15, 0.2) is 0 Å². The molecule has 0 aromatic rings. The molecule has 3 aliphatic carbocycles. The van der Waals surface area contributed by atoms with Crippen LogP contribution in [0.4, 0.5) is 4.39 Å². The first-order chi connectivity index (χ1) is 9.81. The number of fused-ring (bicyclic) bond motifs is 3. The molecule has 0 aliphatic heterocycles. The van der Waals surface area contributed by atoms with Crippen LogP contribution in [0.25, 0.3) is 0 Å². The topological polar surface area (TPSA) is 0 Å². The molecular weight excluding hydrogens is 259 g/mol. The van der Waals surface area contributed by atoms with E-state index in [4.69, 9.17) is 0 Å². The first kappa shape index (κ1) is 15.3. The lowest BCUT2D eigenvalue weighted by Gasteiger charge is -2.59. The Kier molecular flexibility index (Phi) is 3.62. The molecule has 0 bridgehead atoms. The molecule has 0 amide bonds. The lowest BCUT2D eigenvalue weighted by atomic mass is 9.46. The SMILES string of the molecule is CC1(/C=C/F)CCC2C(=CCC3C(C)(C)CCCC23C)C1. The summed E-state index contributed by atoms with van der Waals surface area (Å²) in [6, 6.07) is 0. The van der Waals surface area contributed by atoms with Crippen molar-refractivity contribution in [1.82, 2.24) is 0 Å². The second-order valence-corrected chi connectivity index (χ2v) is 9.13. The zero-order valence-corrected chi connectivity index (χ0v) is 14.2. The van der Waals surface area contributed by atoms with Gasteiger partial charge in [-0.2, -0.15) is 0 Å². The van der Waals surface area contributed by atoms with Crippen LogP contribution in [0.5, 0.6) is 0 Å². The molecule has 0 radical (unpaired) electrons. The Labute approximate surface area is 129 Å². The molecule has 0 spiro atoms. The summed E-state index contributed by atoms with van der Waals surface area (Å²) in [6.45, 7) is 9.74. The van der Waals surface area contributed by atoms with Gasteiger partial charge < -0.3 is 0 Å². The zero-order chi connectivity index (χ0) is 15.3. The normalized spacial score (nSPS) is 45.9. The van der Waals surface area contributed by atoms with Crippen LogP contribution >= 0.6 is 0 Å². The fourth-order valence-corrected chi connectivity index (χ4v) is 6.04. The summed E-state index contributed by atoms with van der Waals surface area (Å²) in [4.78, 5) is 0. The molecule has 0 saturated heterocycles. The van der Waals surface area contributed by atoms with Crippen molar-refractivity contribution in [1.29, 1.82) is 0 Å². The van der Waals surface area contributed by atoms with Gasteiger partial charge in [-0.05, 0) is 72.7 Å². The van der Waals surface area contributed by atoms with Crippen molar-refractivity contribution in [2.24, 2.45) is 28.1 Å². The van der Waals surface area contributed by atoms with Gasteiger partial charge in [0, 0.05) is 0 Å². The summed E-state index contributed by atoms with van der Waals surface area (Å²) < 4.78 is 12.7. The van der Waals surface area contributed by atoms with Crippen molar-refractivity contribution in [2.45, 2.75) is 72.6 Å². The van der Waals surface area contributed by atoms with Gasteiger partial charge in [0.05, 0.1) is 6.33 Å². The highest BCUT2D eigenvalue weighted by atomic mass is 19.1. The maximum Gasteiger partial charge on any atom is 0.0832 e. The van der Waals surface area contributed by atoms with Crippen LogP contribution in [0.1, 0.15) is 72.6 Å². The minimum Gasteiger partial charge on any atom is -0.216 e. The summed E-state index contributed by atoms with van der Waals surface area (Å²) in [5.74, 6) is 1.57. The molecule has 1 heteroatoms. The summed E-state index contributed by atoms with van der Waals surface area (Å²) in [6.07, 6.45) is 13.9. The molecule has 0 aromatic carbocycles. The molecule has 3 rings (SSSR count). The summed E-state index contributed by atoms with van der Waals surface area (Å²) in [7, 11) is 0. The summed E-state index contributed by atoms with van der Waals surface area (Å²) in [5.41, 5.74) is 2.64. The molecule has 2 saturated carbocycles. The first-order valence-corrected chi connectivity index (χ1v) is 8.78. The number of rotatable bonds is 1. The summed E-state index contributed by atoms with van der Waals surface area (Å²) in [5, 5.41) is 0. The minimum atomic E-state index is 0.0461. The van der Waals surface area contributed by atoms with E-state index in [1.807, 2.05) is 0 Å². The van der Waals surface area contributed by atoms with Gasteiger partial charge in [-0.3, -0.25) is 0 Å². The largest absolute Gasteiger partial charge is 0.216 e. The Hall–Kier alpha value is -0.590. The van der Waals surface area contributed by atoms with E-state index in [0.29, 0.717) is 10.8 Å². The highest BCUT2D eigenvalue weighted by molar-refractivity contribution is 5.25. The fourth-order valence-electron chi connectivity index (χ4n) is 6.04. The lowest BCUT2D eigenvalue weighted by molar-refractivity contribution is -0.0489. The highest BCUT2D eigenvalue weighted by Gasteiger charge is 2.53. The average Bonchev–Trinajstić information content (AvgIpc) is 2.37. The van der Waals surface area contributed by atoms with Gasteiger partial charge in [-0.1, -0.05) is 45.8 Å². The third kappa shape index (κ3) is 2.41. The van der Waals surface area contributed by atoms with E-state index < -0.39 is 0 Å². The summed E-state index contributed by atoms with van der Waals surface area (Å²) >= 11 is 0. The highest BCUT2D eigenvalue weighted by Crippen LogP contribution is 2.63. The Morgan fingerprint density at radius 3 is 2.62 bits per heavy atom. The van der Waals surface area contributed by atoms with E-state index in [1.165, 1.54) is 32.1 Å². The maximum absolute atomic E-state index is 12.7. The first-order valence-electron chi connectivity index (χ1n) is 8.78. The predicted molar refractivity (Wildman–Crippen MR) is 87.6 cm³/mol. The van der Waals surface area contributed by atoms with E-state index in [2.05, 4.69) is 33.8 Å². The Bertz CT molecular complexity index is 472. The van der Waals surface area contributed by atoms with E-state index >= 15 is 0 Å². The maximum atomic E-state index is 12.7. The number of hydrogen-bond acceptors (Lipinski definition) is 0. The zero-order valence-electron chi connectivity index (χ0n) is 14.2. The Balaban J connectivity index is 1.91. The quantitative estimate of drug-likeness (QED) is 0.487. The molecule has 2 fully saturated rings. The standard InChI is InChI=1S/C20H31F/c1-18(2)9-5-10-20(4)16-8-11-19(3,12-13-21)14-15(16)6-7-17(18)20/h6,12-13,16-17H,5,7-11,14H2,1-4H3/b13-12+. The molecule has 4 unspecified atom stereocenters. The fraction of sp³-hybridized carbons (Fsp3) is 0.800. The van der Waals surface area contributed by atoms with Gasteiger partial charge in [0.1, 0.15) is 0 Å². The molecule has 3 aliphatic rings. The predicted octanol–water partition coefficient (Wildman–Crippen LogP) is 6.44. The van der Waals surface area contributed by atoms with E-state index in [-0.39, 0.29) is 5.41 Å². The van der Waals surface area contributed by atoms with Crippen molar-refractivity contribution in [2.75, 3.05) is 0 Å². The monoisotopic (exact) mass is 290 g/mol. The third-order valence-corrected chi connectivity index (χ3v) is 7.21. The van der Waals surface area contributed by atoms with Crippen molar-refractivity contribution in [3.05, 3.63) is 24.1 Å². The van der Waals surface area contributed by atoms with Crippen LogP contribution < -0.4 is 0 Å². The van der Waals surface area contributed by atoms with Gasteiger partial charge in [0.2, 0.25) is 0 Å². The van der Waals surface area contributed by atoms with Crippen LogP contribution in [0, 0.1) is 28.1 Å². The van der Waals surface area contributed by atoms with Gasteiger partial charge >= 0.3 is 0 Å². The number of halogens is 1. The number of hydrogen-bond donors (Lipinski definition) is 0. The molecular formula is C20H31F. The molecule has 0 heterocycles. The smallest absolute Gasteiger partial charge is 0.0832 e. The van der Waals surface area contributed by atoms with E-state index in [0.717, 1.165) is 31.0 Å². The van der Waals surface area contributed by atoms with Crippen LogP contribution in [-0.2, 0) is 0 Å². The second kappa shape index (κ2) is 4.96. The number of allylic oxidation sites excluding steroid dienone is 3. The molecule has 118 valence electrons. The average molecular weight is 290 g/mol. The van der Waals surface area contributed by atoms with Gasteiger partial charge in [0.25, 0.3) is 0 Å². The molecule has 0 aromatic heterocycles. The van der Waals surface area contributed by atoms with Crippen molar-refractivity contribution in [3.8, 4) is 0 Å². The van der Waals surface area contributed by atoms with Crippen molar-refractivity contribution >= 4 is 0 Å². The molecule has 4 atom stereocenters. The van der Waals surface area contributed by atoms with Gasteiger partial charge in [-0.25, -0.2) is 4.39 Å². The van der Waals surface area contributed by atoms with Crippen molar-refractivity contribution in [3.63, 3.8) is 0 Å². The Morgan fingerprint density at radius 1 is 1.14 bits per heavy atom.